The maximum atomic E-state index is 11.0. The summed E-state index contributed by atoms with van der Waals surface area (Å²) in [6.07, 6.45) is 0. The Morgan fingerprint density at radius 2 is 1.90 bits per heavy atom. The number of benzene rings is 1. The van der Waals surface area contributed by atoms with E-state index in [-0.39, 0.29) is 11.2 Å². The highest BCUT2D eigenvalue weighted by molar-refractivity contribution is 8.00. The highest BCUT2D eigenvalue weighted by atomic mass is 32.2. The smallest absolute Gasteiger partial charge is 0.230 e. The SMILES string of the molecule is COc1ccc(-c2ccc(SC(C)C(N)=O)nn2)cc1. The Hall–Kier alpha value is -2.08. The van der Waals surface area contributed by atoms with E-state index in [4.69, 9.17) is 10.5 Å². The number of ether oxygens (including phenoxy) is 1. The third kappa shape index (κ3) is 3.48. The zero-order chi connectivity index (χ0) is 14.5. The average Bonchev–Trinajstić information content (AvgIpc) is 2.48. The van der Waals surface area contributed by atoms with Gasteiger partial charge in [0.1, 0.15) is 10.8 Å². The Labute approximate surface area is 121 Å². The molecule has 2 rings (SSSR count). The molecule has 2 aromatic rings. The summed E-state index contributed by atoms with van der Waals surface area (Å²) in [7, 11) is 1.63. The standard InChI is InChI=1S/C14H15N3O2S/c1-9(14(15)18)20-13-8-7-12(16-17-13)10-3-5-11(19-2)6-4-10/h3-9H,1-2H3,(H2,15,18). The van der Waals surface area contributed by atoms with Crippen LogP contribution in [0.3, 0.4) is 0 Å². The minimum absolute atomic E-state index is 0.323. The summed E-state index contributed by atoms with van der Waals surface area (Å²) in [6, 6.07) is 11.3. The number of thioether (sulfide) groups is 1. The van der Waals surface area contributed by atoms with Gasteiger partial charge in [-0.25, -0.2) is 0 Å². The molecule has 0 spiro atoms. The van der Waals surface area contributed by atoms with E-state index >= 15 is 0 Å². The van der Waals surface area contributed by atoms with Crippen LogP contribution in [0.15, 0.2) is 41.4 Å². The molecule has 0 radical (unpaired) electrons. The van der Waals surface area contributed by atoms with Crippen LogP contribution in [0.5, 0.6) is 5.75 Å². The molecule has 104 valence electrons. The quantitative estimate of drug-likeness (QED) is 0.853. The zero-order valence-electron chi connectivity index (χ0n) is 11.2. The summed E-state index contributed by atoms with van der Waals surface area (Å²) in [4.78, 5) is 11.0. The lowest BCUT2D eigenvalue weighted by atomic mass is 10.1. The van der Waals surface area contributed by atoms with Crippen LogP contribution in [-0.4, -0.2) is 28.5 Å². The van der Waals surface area contributed by atoms with Gasteiger partial charge in [0.25, 0.3) is 0 Å². The maximum absolute atomic E-state index is 11.0. The van der Waals surface area contributed by atoms with Gasteiger partial charge in [0, 0.05) is 5.56 Å². The van der Waals surface area contributed by atoms with Crippen LogP contribution in [0.1, 0.15) is 6.92 Å². The van der Waals surface area contributed by atoms with E-state index < -0.39 is 0 Å². The van der Waals surface area contributed by atoms with Crippen LogP contribution in [0, 0.1) is 0 Å². The van der Waals surface area contributed by atoms with Crippen LogP contribution in [0.4, 0.5) is 0 Å². The Balaban J connectivity index is 2.12. The third-order valence-corrected chi connectivity index (χ3v) is 3.77. The van der Waals surface area contributed by atoms with Gasteiger partial charge in [0.2, 0.25) is 5.91 Å². The highest BCUT2D eigenvalue weighted by Crippen LogP contribution is 2.24. The molecule has 0 bridgehead atoms. The predicted molar refractivity (Wildman–Crippen MR) is 78.5 cm³/mol. The molecule has 1 unspecified atom stereocenters. The highest BCUT2D eigenvalue weighted by Gasteiger charge is 2.11. The maximum Gasteiger partial charge on any atom is 0.230 e. The third-order valence-electron chi connectivity index (χ3n) is 2.72. The van der Waals surface area contributed by atoms with E-state index in [0.717, 1.165) is 17.0 Å². The van der Waals surface area contributed by atoms with Crippen LogP contribution >= 0.6 is 11.8 Å². The first-order valence-corrected chi connectivity index (χ1v) is 6.92. The topological polar surface area (TPSA) is 78.1 Å². The number of nitrogens with two attached hydrogens (primary N) is 1. The molecule has 1 heterocycles. The molecule has 20 heavy (non-hydrogen) atoms. The zero-order valence-corrected chi connectivity index (χ0v) is 12.1. The second-order valence-corrected chi connectivity index (χ2v) is 5.51. The molecule has 6 heteroatoms. The molecule has 0 aliphatic carbocycles. The molecule has 0 aliphatic rings. The number of methoxy groups -OCH3 is 1. The van der Waals surface area contributed by atoms with Gasteiger partial charge in [0.05, 0.1) is 18.1 Å². The van der Waals surface area contributed by atoms with Crippen LogP contribution < -0.4 is 10.5 Å². The average molecular weight is 289 g/mol. The molecule has 1 atom stereocenters. The second-order valence-electron chi connectivity index (χ2n) is 4.15. The van der Waals surface area contributed by atoms with Gasteiger partial charge >= 0.3 is 0 Å². The number of hydrogen-bond donors (Lipinski definition) is 1. The van der Waals surface area contributed by atoms with Crippen molar-refractivity contribution in [3.63, 3.8) is 0 Å². The second kappa shape index (κ2) is 6.38. The molecule has 1 aromatic heterocycles. The van der Waals surface area contributed by atoms with E-state index in [2.05, 4.69) is 10.2 Å². The largest absolute Gasteiger partial charge is 0.497 e. The first-order valence-electron chi connectivity index (χ1n) is 6.04. The first kappa shape index (κ1) is 14.3. The normalized spacial score (nSPS) is 11.9. The van der Waals surface area contributed by atoms with Gasteiger partial charge < -0.3 is 10.5 Å². The summed E-state index contributed by atoms with van der Waals surface area (Å²) in [6.45, 7) is 1.74. The molecular weight excluding hydrogens is 274 g/mol. The van der Waals surface area contributed by atoms with Crippen molar-refractivity contribution in [3.05, 3.63) is 36.4 Å². The van der Waals surface area contributed by atoms with Crippen molar-refractivity contribution in [2.45, 2.75) is 17.2 Å². The van der Waals surface area contributed by atoms with Gasteiger partial charge in [-0.05, 0) is 43.3 Å². The van der Waals surface area contributed by atoms with Crippen molar-refractivity contribution in [3.8, 4) is 17.0 Å². The van der Waals surface area contributed by atoms with E-state index in [1.54, 1.807) is 14.0 Å². The Bertz CT molecular complexity index is 584. The first-order chi connectivity index (χ1) is 9.60. The number of hydrogen-bond acceptors (Lipinski definition) is 5. The van der Waals surface area contributed by atoms with Crippen molar-refractivity contribution in [1.29, 1.82) is 0 Å². The molecule has 5 nitrogen and oxygen atoms in total. The molecule has 0 saturated carbocycles. The van der Waals surface area contributed by atoms with Gasteiger partial charge in [-0.1, -0.05) is 11.8 Å². The molecule has 1 aromatic carbocycles. The summed E-state index contributed by atoms with van der Waals surface area (Å²) in [5, 5.41) is 8.60. The van der Waals surface area contributed by atoms with E-state index in [1.165, 1.54) is 11.8 Å². The van der Waals surface area contributed by atoms with E-state index in [9.17, 15) is 4.79 Å². The molecule has 0 saturated heterocycles. The number of amides is 1. The summed E-state index contributed by atoms with van der Waals surface area (Å²) < 4.78 is 5.11. The lowest BCUT2D eigenvalue weighted by molar-refractivity contribution is -0.117. The molecular formula is C14H15N3O2S. The number of primary amides is 1. The fourth-order valence-electron chi connectivity index (χ4n) is 1.54. The minimum atomic E-state index is -0.365. The van der Waals surface area contributed by atoms with Crippen molar-refractivity contribution in [2.24, 2.45) is 5.73 Å². The Morgan fingerprint density at radius 3 is 2.40 bits per heavy atom. The van der Waals surface area contributed by atoms with Gasteiger partial charge in [-0.15, -0.1) is 10.2 Å². The monoisotopic (exact) mass is 289 g/mol. The van der Waals surface area contributed by atoms with E-state index in [1.807, 2.05) is 36.4 Å². The summed E-state index contributed by atoms with van der Waals surface area (Å²) in [5.74, 6) is 0.431. The molecule has 0 fully saturated rings. The van der Waals surface area contributed by atoms with Crippen molar-refractivity contribution in [2.75, 3.05) is 7.11 Å². The molecule has 1 amide bonds. The van der Waals surface area contributed by atoms with Gasteiger partial charge in [-0.2, -0.15) is 0 Å². The Kier molecular flexibility index (Phi) is 4.57. The van der Waals surface area contributed by atoms with Crippen LogP contribution in [0.25, 0.3) is 11.3 Å². The molecule has 2 N–H and O–H groups in total. The number of aromatic nitrogens is 2. The number of rotatable bonds is 5. The van der Waals surface area contributed by atoms with Crippen molar-refractivity contribution in [1.82, 2.24) is 10.2 Å². The summed E-state index contributed by atoms with van der Waals surface area (Å²) >= 11 is 1.29. The number of carbonyl (C=O) groups is 1. The molecule has 0 aliphatic heterocycles. The fourth-order valence-corrected chi connectivity index (χ4v) is 2.25. The van der Waals surface area contributed by atoms with Crippen molar-refractivity contribution >= 4 is 17.7 Å². The predicted octanol–water partition coefficient (Wildman–Crippen LogP) is 2.12. The number of carbonyl (C=O) groups excluding carboxylic acids is 1. The van der Waals surface area contributed by atoms with Gasteiger partial charge in [-0.3, -0.25) is 4.79 Å². The number of nitrogens with zero attached hydrogens (tertiary/aromatic N) is 2. The van der Waals surface area contributed by atoms with E-state index in [0.29, 0.717) is 5.03 Å². The van der Waals surface area contributed by atoms with Crippen molar-refractivity contribution < 1.29 is 9.53 Å². The lowest BCUT2D eigenvalue weighted by Crippen LogP contribution is -2.22. The van der Waals surface area contributed by atoms with Crippen LogP contribution in [0.2, 0.25) is 0 Å². The Morgan fingerprint density at radius 1 is 1.20 bits per heavy atom. The van der Waals surface area contributed by atoms with Crippen LogP contribution in [-0.2, 0) is 4.79 Å². The lowest BCUT2D eigenvalue weighted by Gasteiger charge is -2.06. The fraction of sp³-hybridized carbons (Fsp3) is 0.214. The minimum Gasteiger partial charge on any atom is -0.497 e. The van der Waals surface area contributed by atoms with Gasteiger partial charge in [0.15, 0.2) is 0 Å². The summed E-state index contributed by atoms with van der Waals surface area (Å²) in [5.41, 5.74) is 6.94.